The Hall–Kier alpha value is -0.680. The van der Waals surface area contributed by atoms with Crippen molar-refractivity contribution in [2.45, 2.75) is 59.9 Å². The Morgan fingerprint density at radius 1 is 1.29 bits per heavy atom. The van der Waals surface area contributed by atoms with Gasteiger partial charge >= 0.3 is 0 Å². The van der Waals surface area contributed by atoms with E-state index < -0.39 is 0 Å². The lowest BCUT2D eigenvalue weighted by atomic mass is 9.77. The molecule has 5 heteroatoms. The van der Waals surface area contributed by atoms with E-state index in [9.17, 15) is 0 Å². The topological polar surface area (TPSA) is 41.1 Å². The lowest BCUT2D eigenvalue weighted by molar-refractivity contribution is 0.206. The molecule has 2 rings (SSSR count). The molecule has 1 aliphatic heterocycles. The number of aromatic nitrogens is 2. The first-order valence-electron chi connectivity index (χ1n) is 8.28. The zero-order valence-electron chi connectivity index (χ0n) is 14.0. The van der Waals surface area contributed by atoms with E-state index in [2.05, 4.69) is 47.5 Å². The molecule has 0 radical (unpaired) electrons. The van der Waals surface area contributed by atoms with Gasteiger partial charge in [-0.25, -0.2) is 0 Å². The summed E-state index contributed by atoms with van der Waals surface area (Å²) < 4.78 is 4.12. The number of nitrogens with one attached hydrogen (secondary N) is 1. The minimum Gasteiger partial charge on any atom is -0.374 e. The average molecular weight is 311 g/mol. The summed E-state index contributed by atoms with van der Waals surface area (Å²) in [6.07, 6.45) is 5.10. The summed E-state index contributed by atoms with van der Waals surface area (Å²) in [5.74, 6) is 0.841. The molecular formula is C16H30N4S. The van der Waals surface area contributed by atoms with Gasteiger partial charge in [-0.3, -0.25) is 4.90 Å². The van der Waals surface area contributed by atoms with E-state index in [4.69, 9.17) is 0 Å². The summed E-state index contributed by atoms with van der Waals surface area (Å²) in [6, 6.07) is 0. The second-order valence-electron chi connectivity index (χ2n) is 7.25. The Balaban J connectivity index is 1.90. The number of nitrogens with zero attached hydrogens (tertiary/aromatic N) is 3. The number of hydrogen-bond donors (Lipinski definition) is 1. The molecule has 0 bridgehead atoms. The quantitative estimate of drug-likeness (QED) is 0.892. The van der Waals surface area contributed by atoms with E-state index in [0.29, 0.717) is 5.41 Å². The number of hydrogen-bond acceptors (Lipinski definition) is 5. The number of rotatable bonds is 5. The van der Waals surface area contributed by atoms with Gasteiger partial charge in [0, 0.05) is 24.6 Å². The van der Waals surface area contributed by atoms with Gasteiger partial charge in [-0.05, 0) is 50.1 Å². The Kier molecular flexibility index (Phi) is 5.99. The van der Waals surface area contributed by atoms with Gasteiger partial charge in [0.15, 0.2) is 0 Å². The summed E-state index contributed by atoms with van der Waals surface area (Å²) in [7, 11) is 0. The van der Waals surface area contributed by atoms with Crippen LogP contribution in [0.4, 0.5) is 5.00 Å². The summed E-state index contributed by atoms with van der Waals surface area (Å²) in [4.78, 5) is 2.56. The third-order valence-electron chi connectivity index (χ3n) is 4.51. The molecule has 0 aromatic carbocycles. The summed E-state index contributed by atoms with van der Waals surface area (Å²) in [5, 5.41) is 8.93. The predicted molar refractivity (Wildman–Crippen MR) is 90.8 cm³/mol. The van der Waals surface area contributed by atoms with Gasteiger partial charge in [-0.15, -0.1) is 5.10 Å². The van der Waals surface area contributed by atoms with Crippen LogP contribution >= 0.6 is 11.5 Å². The molecule has 1 fully saturated rings. The molecule has 0 aliphatic carbocycles. The van der Waals surface area contributed by atoms with Crippen molar-refractivity contribution in [2.75, 3.05) is 25.0 Å². The first-order chi connectivity index (χ1) is 10.0. The van der Waals surface area contributed by atoms with Crippen LogP contribution in [0.5, 0.6) is 0 Å². The molecule has 21 heavy (non-hydrogen) atoms. The first kappa shape index (κ1) is 16.7. The maximum Gasteiger partial charge on any atom is 0.134 e. The van der Waals surface area contributed by atoms with Crippen LogP contribution in [0.15, 0.2) is 0 Å². The lowest BCUT2D eigenvalue weighted by Crippen LogP contribution is -2.26. The molecule has 1 atom stereocenters. The van der Waals surface area contributed by atoms with Crippen molar-refractivity contribution < 1.29 is 0 Å². The first-order valence-corrected chi connectivity index (χ1v) is 9.05. The van der Waals surface area contributed by atoms with E-state index in [-0.39, 0.29) is 0 Å². The average Bonchev–Trinajstić information content (AvgIpc) is 2.70. The van der Waals surface area contributed by atoms with Gasteiger partial charge < -0.3 is 5.32 Å². The third-order valence-corrected chi connectivity index (χ3v) is 5.24. The van der Waals surface area contributed by atoms with Gasteiger partial charge in [0.25, 0.3) is 0 Å². The zero-order valence-corrected chi connectivity index (χ0v) is 14.8. The standard InChI is InChI=1S/C16H30N4S/c1-5-9-17-15-14(18-19-21-15)12-20-10-6-7-13(8-11-20)16(2,3)4/h13,17H,5-12H2,1-4H3. The zero-order chi connectivity index (χ0) is 15.3. The maximum absolute atomic E-state index is 4.33. The molecule has 1 aliphatic rings. The SMILES string of the molecule is CCCNc1snnc1CN1CCCC(C(C)(C)C)CC1. The normalized spacial score (nSPS) is 21.2. The fraction of sp³-hybridized carbons (Fsp3) is 0.875. The van der Waals surface area contributed by atoms with Crippen LogP contribution in [0.1, 0.15) is 59.1 Å². The maximum atomic E-state index is 4.33. The Morgan fingerprint density at radius 2 is 2.10 bits per heavy atom. The molecule has 1 N–H and O–H groups in total. The second-order valence-corrected chi connectivity index (χ2v) is 8.00. The molecule has 120 valence electrons. The van der Waals surface area contributed by atoms with Crippen molar-refractivity contribution in [3.05, 3.63) is 5.69 Å². The fourth-order valence-electron chi connectivity index (χ4n) is 3.08. The Labute approximate surface area is 133 Å². The smallest absolute Gasteiger partial charge is 0.134 e. The summed E-state index contributed by atoms with van der Waals surface area (Å²) in [6.45, 7) is 13.6. The highest BCUT2D eigenvalue weighted by Gasteiger charge is 2.27. The molecule has 0 spiro atoms. The van der Waals surface area contributed by atoms with E-state index in [1.54, 1.807) is 0 Å². The molecule has 1 aromatic heterocycles. The monoisotopic (exact) mass is 310 g/mol. The van der Waals surface area contributed by atoms with E-state index in [1.807, 2.05) is 0 Å². The number of likely N-dealkylation sites (tertiary alicyclic amines) is 1. The van der Waals surface area contributed by atoms with Crippen LogP contribution in [0.3, 0.4) is 0 Å². The molecule has 0 saturated carbocycles. The largest absolute Gasteiger partial charge is 0.374 e. The Bertz CT molecular complexity index is 424. The summed E-state index contributed by atoms with van der Waals surface area (Å²) in [5.41, 5.74) is 1.56. The van der Waals surface area contributed by atoms with Gasteiger partial charge in [0.2, 0.25) is 0 Å². The highest BCUT2D eigenvalue weighted by molar-refractivity contribution is 7.10. The van der Waals surface area contributed by atoms with E-state index >= 15 is 0 Å². The molecular weight excluding hydrogens is 280 g/mol. The highest BCUT2D eigenvalue weighted by atomic mass is 32.1. The third kappa shape index (κ3) is 4.92. The summed E-state index contributed by atoms with van der Waals surface area (Å²) >= 11 is 1.49. The van der Waals surface area contributed by atoms with Crippen molar-refractivity contribution in [1.82, 2.24) is 14.5 Å². The molecule has 0 amide bonds. The van der Waals surface area contributed by atoms with Gasteiger partial charge in [-0.1, -0.05) is 32.2 Å². The van der Waals surface area contributed by atoms with Crippen molar-refractivity contribution in [3.63, 3.8) is 0 Å². The van der Waals surface area contributed by atoms with E-state index in [1.165, 1.54) is 43.9 Å². The van der Waals surface area contributed by atoms with Crippen LogP contribution < -0.4 is 5.32 Å². The van der Waals surface area contributed by atoms with Gasteiger partial charge in [0.1, 0.15) is 10.7 Å². The van der Waals surface area contributed by atoms with Crippen molar-refractivity contribution in [3.8, 4) is 0 Å². The van der Waals surface area contributed by atoms with Gasteiger partial charge in [0.05, 0.1) is 0 Å². The van der Waals surface area contributed by atoms with Crippen molar-refractivity contribution >= 4 is 16.5 Å². The van der Waals surface area contributed by atoms with Crippen LogP contribution in [0, 0.1) is 11.3 Å². The van der Waals surface area contributed by atoms with Crippen molar-refractivity contribution in [2.24, 2.45) is 11.3 Å². The number of anilines is 1. The fourth-order valence-corrected chi connectivity index (χ4v) is 3.68. The van der Waals surface area contributed by atoms with E-state index in [0.717, 1.165) is 36.1 Å². The van der Waals surface area contributed by atoms with Crippen LogP contribution in [0.25, 0.3) is 0 Å². The predicted octanol–water partition coefficient (Wildman–Crippen LogP) is 4.01. The molecule has 1 unspecified atom stereocenters. The minimum absolute atomic E-state index is 0.437. The molecule has 2 heterocycles. The molecule has 4 nitrogen and oxygen atoms in total. The second kappa shape index (κ2) is 7.54. The van der Waals surface area contributed by atoms with Crippen molar-refractivity contribution in [1.29, 1.82) is 0 Å². The van der Waals surface area contributed by atoms with Crippen LogP contribution in [0.2, 0.25) is 0 Å². The van der Waals surface area contributed by atoms with Gasteiger partial charge in [-0.2, -0.15) is 0 Å². The molecule has 1 aromatic rings. The molecule has 1 saturated heterocycles. The Morgan fingerprint density at radius 3 is 2.81 bits per heavy atom. The highest BCUT2D eigenvalue weighted by Crippen LogP contribution is 2.34. The van der Waals surface area contributed by atoms with Crippen LogP contribution in [-0.2, 0) is 6.54 Å². The minimum atomic E-state index is 0.437. The van der Waals surface area contributed by atoms with Crippen LogP contribution in [-0.4, -0.2) is 34.1 Å². The lowest BCUT2D eigenvalue weighted by Gasteiger charge is -2.29.